The van der Waals surface area contributed by atoms with Crippen molar-refractivity contribution in [2.75, 3.05) is 25.0 Å². The molecule has 0 aliphatic rings. The first-order valence-corrected chi connectivity index (χ1v) is 5.95. The quantitative estimate of drug-likeness (QED) is 0.783. The van der Waals surface area contributed by atoms with Crippen LogP contribution in [0.3, 0.4) is 0 Å². The minimum atomic E-state index is -0.433. The van der Waals surface area contributed by atoms with E-state index in [2.05, 4.69) is 10.6 Å². The topological polar surface area (TPSA) is 67.4 Å². The van der Waals surface area contributed by atoms with Crippen LogP contribution < -0.4 is 10.6 Å². The van der Waals surface area contributed by atoms with Gasteiger partial charge in [0.1, 0.15) is 0 Å². The number of esters is 1. The second-order valence-corrected chi connectivity index (χ2v) is 3.59. The van der Waals surface area contributed by atoms with Crippen molar-refractivity contribution < 1.29 is 14.3 Å². The number of rotatable bonds is 6. The zero-order valence-electron chi connectivity index (χ0n) is 11.1. The zero-order chi connectivity index (χ0) is 13.4. The summed E-state index contributed by atoms with van der Waals surface area (Å²) in [5, 5.41) is 5.60. The molecule has 1 amide bonds. The summed E-state index contributed by atoms with van der Waals surface area (Å²) in [7, 11) is 0. The molecule has 0 bridgehead atoms. The molecule has 0 spiro atoms. The molecule has 2 N–H and O–H groups in total. The van der Waals surface area contributed by atoms with Gasteiger partial charge in [-0.1, -0.05) is 19.1 Å². The summed E-state index contributed by atoms with van der Waals surface area (Å²) < 4.78 is 4.93. The van der Waals surface area contributed by atoms with Crippen LogP contribution in [0.15, 0.2) is 24.3 Å². The molecule has 19 heavy (non-hydrogen) atoms. The predicted molar refractivity (Wildman–Crippen MR) is 76.8 cm³/mol. The van der Waals surface area contributed by atoms with Gasteiger partial charge in [0, 0.05) is 0 Å². The molecule has 0 aliphatic carbocycles. The van der Waals surface area contributed by atoms with E-state index < -0.39 is 5.97 Å². The van der Waals surface area contributed by atoms with Crippen molar-refractivity contribution in [1.82, 2.24) is 5.32 Å². The van der Waals surface area contributed by atoms with Crippen molar-refractivity contribution in [3.8, 4) is 0 Å². The fourth-order valence-electron chi connectivity index (χ4n) is 1.41. The third-order valence-electron chi connectivity index (χ3n) is 2.23. The van der Waals surface area contributed by atoms with E-state index in [0.717, 1.165) is 0 Å². The van der Waals surface area contributed by atoms with E-state index in [0.29, 0.717) is 24.4 Å². The Kier molecular flexibility index (Phi) is 8.57. The number of anilines is 1. The lowest BCUT2D eigenvalue weighted by molar-refractivity contribution is -0.115. The van der Waals surface area contributed by atoms with Crippen molar-refractivity contribution in [3.05, 3.63) is 29.8 Å². The number of hydrogen-bond donors (Lipinski definition) is 2. The number of ether oxygens (including phenoxy) is 1. The fourth-order valence-corrected chi connectivity index (χ4v) is 1.41. The summed E-state index contributed by atoms with van der Waals surface area (Å²) in [4.78, 5) is 23.3. The second kappa shape index (κ2) is 9.35. The third kappa shape index (κ3) is 5.72. The third-order valence-corrected chi connectivity index (χ3v) is 2.23. The van der Waals surface area contributed by atoms with Crippen LogP contribution in [0.2, 0.25) is 0 Å². The molecule has 1 aromatic carbocycles. The predicted octanol–water partition coefficient (Wildman–Crippen LogP) is 1.83. The zero-order valence-corrected chi connectivity index (χ0v) is 11.9. The first kappa shape index (κ1) is 17.4. The highest BCUT2D eigenvalue weighted by molar-refractivity contribution is 6.01. The van der Waals surface area contributed by atoms with Crippen molar-refractivity contribution in [2.24, 2.45) is 0 Å². The minimum absolute atomic E-state index is 0. The van der Waals surface area contributed by atoms with Crippen LogP contribution in [0.5, 0.6) is 0 Å². The summed E-state index contributed by atoms with van der Waals surface area (Å²) >= 11 is 0. The lowest BCUT2D eigenvalue weighted by Gasteiger charge is -2.10. The van der Waals surface area contributed by atoms with Crippen LogP contribution in [0.25, 0.3) is 0 Å². The first-order valence-electron chi connectivity index (χ1n) is 5.95. The normalized spacial score (nSPS) is 9.37. The van der Waals surface area contributed by atoms with Gasteiger partial charge in [-0.05, 0) is 25.6 Å². The van der Waals surface area contributed by atoms with Gasteiger partial charge in [-0.25, -0.2) is 4.79 Å². The summed E-state index contributed by atoms with van der Waals surface area (Å²) in [5.74, 6) is -0.620. The number of hydrogen-bond acceptors (Lipinski definition) is 4. The molecule has 1 aromatic rings. The number of halogens is 1. The number of para-hydroxylation sites is 1. The van der Waals surface area contributed by atoms with Crippen LogP contribution in [-0.4, -0.2) is 31.6 Å². The molecular formula is C13H19ClN2O3. The molecule has 5 nitrogen and oxygen atoms in total. The van der Waals surface area contributed by atoms with E-state index in [1.54, 1.807) is 31.2 Å². The Balaban J connectivity index is 0.00000324. The van der Waals surface area contributed by atoms with E-state index in [-0.39, 0.29) is 24.9 Å². The lowest BCUT2D eigenvalue weighted by atomic mass is 10.2. The molecule has 0 unspecified atom stereocenters. The molecule has 0 atom stereocenters. The second-order valence-electron chi connectivity index (χ2n) is 3.59. The average Bonchev–Trinajstić information content (AvgIpc) is 2.37. The van der Waals surface area contributed by atoms with Crippen LogP contribution in [0.1, 0.15) is 24.2 Å². The maximum absolute atomic E-state index is 11.7. The molecule has 0 fully saturated rings. The number of likely N-dealkylation sites (N-methyl/N-ethyl adjacent to an activating group) is 1. The highest BCUT2D eigenvalue weighted by Gasteiger charge is 2.13. The van der Waals surface area contributed by atoms with E-state index in [1.807, 2.05) is 6.92 Å². The molecule has 0 saturated carbocycles. The monoisotopic (exact) mass is 286 g/mol. The largest absolute Gasteiger partial charge is 0.462 e. The number of benzene rings is 1. The standard InChI is InChI=1S/C13H18N2O3.ClH/c1-3-14-9-12(16)15-11-8-6-5-7-10(11)13(17)18-4-2;/h5-8,14H,3-4,9H2,1-2H3,(H,15,16);1H. The first-order chi connectivity index (χ1) is 8.69. The van der Waals surface area contributed by atoms with Gasteiger partial charge in [0.15, 0.2) is 0 Å². The smallest absolute Gasteiger partial charge is 0.340 e. The number of amides is 1. The number of carbonyl (C=O) groups is 2. The van der Waals surface area contributed by atoms with E-state index in [1.165, 1.54) is 0 Å². The van der Waals surface area contributed by atoms with Crippen LogP contribution in [-0.2, 0) is 9.53 Å². The van der Waals surface area contributed by atoms with Crippen molar-refractivity contribution in [2.45, 2.75) is 13.8 Å². The van der Waals surface area contributed by atoms with Gasteiger partial charge >= 0.3 is 5.97 Å². The summed E-state index contributed by atoms with van der Waals surface area (Å²) in [6, 6.07) is 6.79. The molecule has 0 saturated heterocycles. The van der Waals surface area contributed by atoms with Gasteiger partial charge in [-0.3, -0.25) is 4.79 Å². The Labute approximate surface area is 119 Å². The van der Waals surface area contributed by atoms with Gasteiger partial charge < -0.3 is 15.4 Å². The van der Waals surface area contributed by atoms with Gasteiger partial charge in [0.2, 0.25) is 5.91 Å². The Morgan fingerprint density at radius 1 is 1.21 bits per heavy atom. The van der Waals surface area contributed by atoms with E-state index >= 15 is 0 Å². The van der Waals surface area contributed by atoms with Crippen molar-refractivity contribution in [3.63, 3.8) is 0 Å². The maximum atomic E-state index is 11.7. The summed E-state index contributed by atoms with van der Waals surface area (Å²) in [6.45, 7) is 4.89. The SMILES string of the molecule is CCNCC(=O)Nc1ccccc1C(=O)OCC.Cl. The Hall–Kier alpha value is -1.59. The molecule has 6 heteroatoms. The van der Waals surface area contributed by atoms with E-state index in [4.69, 9.17) is 4.74 Å². The fraction of sp³-hybridized carbons (Fsp3) is 0.385. The molecule has 0 aliphatic heterocycles. The Morgan fingerprint density at radius 2 is 1.89 bits per heavy atom. The van der Waals surface area contributed by atoms with Gasteiger partial charge in [-0.15, -0.1) is 12.4 Å². The molecule has 0 heterocycles. The molecule has 1 rings (SSSR count). The number of nitrogens with one attached hydrogen (secondary N) is 2. The maximum Gasteiger partial charge on any atom is 0.340 e. The van der Waals surface area contributed by atoms with Gasteiger partial charge in [-0.2, -0.15) is 0 Å². The minimum Gasteiger partial charge on any atom is -0.462 e. The molecular weight excluding hydrogens is 268 g/mol. The Bertz CT molecular complexity index is 424. The highest BCUT2D eigenvalue weighted by atomic mass is 35.5. The Morgan fingerprint density at radius 3 is 2.53 bits per heavy atom. The number of carbonyl (C=O) groups excluding carboxylic acids is 2. The van der Waals surface area contributed by atoms with Crippen LogP contribution in [0, 0.1) is 0 Å². The van der Waals surface area contributed by atoms with Gasteiger partial charge in [0.05, 0.1) is 24.4 Å². The summed E-state index contributed by atoms with van der Waals surface area (Å²) in [6.07, 6.45) is 0. The lowest BCUT2D eigenvalue weighted by Crippen LogP contribution is -2.28. The van der Waals surface area contributed by atoms with Crippen LogP contribution >= 0.6 is 12.4 Å². The van der Waals surface area contributed by atoms with Crippen molar-refractivity contribution in [1.29, 1.82) is 0 Å². The van der Waals surface area contributed by atoms with Gasteiger partial charge in [0.25, 0.3) is 0 Å². The van der Waals surface area contributed by atoms with Crippen molar-refractivity contribution >= 4 is 30.0 Å². The summed E-state index contributed by atoms with van der Waals surface area (Å²) in [5.41, 5.74) is 0.836. The van der Waals surface area contributed by atoms with Crippen LogP contribution in [0.4, 0.5) is 5.69 Å². The van der Waals surface area contributed by atoms with E-state index in [9.17, 15) is 9.59 Å². The molecule has 0 radical (unpaired) electrons. The molecule has 0 aromatic heterocycles. The molecule has 106 valence electrons. The highest BCUT2D eigenvalue weighted by Crippen LogP contribution is 2.15. The average molecular weight is 287 g/mol.